The van der Waals surface area contributed by atoms with Gasteiger partial charge in [0.25, 0.3) is 0 Å². The van der Waals surface area contributed by atoms with Crippen LogP contribution in [0.15, 0.2) is 29.2 Å². The maximum Gasteiger partial charge on any atom is 0.124 e. The quantitative estimate of drug-likeness (QED) is 0.882. The molecule has 1 aromatic rings. The highest BCUT2D eigenvalue weighted by Crippen LogP contribution is 2.37. The van der Waals surface area contributed by atoms with Crippen LogP contribution in [0.3, 0.4) is 0 Å². The Kier molecular flexibility index (Phi) is 5.07. The van der Waals surface area contributed by atoms with Crippen LogP contribution in [0.25, 0.3) is 0 Å². The summed E-state index contributed by atoms with van der Waals surface area (Å²) in [6, 6.07) is 7.52. The lowest BCUT2D eigenvalue weighted by atomic mass is 9.84. The first-order valence-electron chi connectivity index (χ1n) is 6.82. The molecule has 100 valence electrons. The second-order valence-corrected chi connectivity index (χ2v) is 6.41. The lowest BCUT2D eigenvalue weighted by Gasteiger charge is -2.35. The number of nitrogens with one attached hydrogen (secondary N) is 1. The molecular weight excluding hydrogens is 245 g/mol. The molecule has 18 heavy (non-hydrogen) atoms. The van der Waals surface area contributed by atoms with E-state index in [4.69, 9.17) is 0 Å². The summed E-state index contributed by atoms with van der Waals surface area (Å²) in [5.74, 6) is 0.699. The van der Waals surface area contributed by atoms with E-state index in [1.807, 2.05) is 24.9 Å². The van der Waals surface area contributed by atoms with E-state index in [-0.39, 0.29) is 5.82 Å². The topological polar surface area (TPSA) is 12.0 Å². The van der Waals surface area contributed by atoms with Gasteiger partial charge in [0.15, 0.2) is 0 Å². The molecule has 1 fully saturated rings. The Bertz CT molecular complexity index is 383. The number of hydrogen-bond acceptors (Lipinski definition) is 2. The molecule has 1 nitrogen and oxygen atoms in total. The van der Waals surface area contributed by atoms with Gasteiger partial charge in [-0.05, 0) is 50.4 Å². The molecule has 0 aromatic heterocycles. The SMILES string of the molecule is CCC1CCC(NC)C(Sc2cccc(F)c2)C1. The van der Waals surface area contributed by atoms with Crippen molar-refractivity contribution < 1.29 is 4.39 Å². The van der Waals surface area contributed by atoms with Gasteiger partial charge in [-0.3, -0.25) is 0 Å². The van der Waals surface area contributed by atoms with Crippen molar-refractivity contribution in [2.24, 2.45) is 5.92 Å². The number of hydrogen-bond donors (Lipinski definition) is 1. The van der Waals surface area contributed by atoms with Crippen LogP contribution < -0.4 is 5.32 Å². The van der Waals surface area contributed by atoms with E-state index in [0.717, 1.165) is 10.8 Å². The molecule has 0 spiro atoms. The molecule has 1 N–H and O–H groups in total. The maximum atomic E-state index is 13.2. The molecule has 1 aromatic carbocycles. The first kappa shape index (κ1) is 13.9. The van der Waals surface area contributed by atoms with E-state index in [9.17, 15) is 4.39 Å². The summed E-state index contributed by atoms with van der Waals surface area (Å²) < 4.78 is 13.2. The zero-order valence-corrected chi connectivity index (χ0v) is 12.0. The Hall–Kier alpha value is -0.540. The summed E-state index contributed by atoms with van der Waals surface area (Å²) >= 11 is 1.83. The number of benzene rings is 1. The molecule has 3 atom stereocenters. The van der Waals surface area contributed by atoms with Crippen LogP contribution in [0.5, 0.6) is 0 Å². The van der Waals surface area contributed by atoms with Crippen LogP contribution in [-0.2, 0) is 0 Å². The summed E-state index contributed by atoms with van der Waals surface area (Å²) in [6.07, 6.45) is 5.06. The number of halogens is 1. The highest BCUT2D eigenvalue weighted by atomic mass is 32.2. The van der Waals surface area contributed by atoms with Crippen molar-refractivity contribution in [3.8, 4) is 0 Å². The van der Waals surface area contributed by atoms with E-state index in [1.165, 1.54) is 31.7 Å². The molecule has 2 rings (SSSR count). The highest BCUT2D eigenvalue weighted by molar-refractivity contribution is 8.00. The van der Waals surface area contributed by atoms with E-state index in [2.05, 4.69) is 12.2 Å². The highest BCUT2D eigenvalue weighted by Gasteiger charge is 2.29. The standard InChI is InChI=1S/C15H22FNS/c1-3-11-7-8-14(17-2)15(9-11)18-13-6-4-5-12(16)10-13/h4-6,10-11,14-15,17H,3,7-9H2,1-2H3. The van der Waals surface area contributed by atoms with Gasteiger partial charge >= 0.3 is 0 Å². The van der Waals surface area contributed by atoms with E-state index >= 15 is 0 Å². The second kappa shape index (κ2) is 6.58. The molecule has 0 aliphatic heterocycles. The van der Waals surface area contributed by atoms with Gasteiger partial charge in [0.2, 0.25) is 0 Å². The van der Waals surface area contributed by atoms with E-state index in [1.54, 1.807) is 12.1 Å². The van der Waals surface area contributed by atoms with Crippen molar-refractivity contribution in [1.82, 2.24) is 5.32 Å². The Morgan fingerprint density at radius 2 is 2.22 bits per heavy atom. The van der Waals surface area contributed by atoms with Gasteiger partial charge < -0.3 is 5.32 Å². The molecule has 1 aliphatic rings. The molecule has 1 aliphatic carbocycles. The normalized spacial score (nSPS) is 28.3. The summed E-state index contributed by atoms with van der Waals surface area (Å²) in [5.41, 5.74) is 0. The first-order valence-corrected chi connectivity index (χ1v) is 7.70. The average molecular weight is 267 g/mol. The van der Waals surface area contributed by atoms with E-state index < -0.39 is 0 Å². The number of rotatable bonds is 4. The summed E-state index contributed by atoms with van der Waals surface area (Å²) in [4.78, 5) is 1.05. The van der Waals surface area contributed by atoms with Crippen LogP contribution in [0, 0.1) is 11.7 Å². The van der Waals surface area contributed by atoms with Gasteiger partial charge in [0, 0.05) is 16.2 Å². The smallest absolute Gasteiger partial charge is 0.124 e. The third kappa shape index (κ3) is 3.48. The van der Waals surface area contributed by atoms with Crippen molar-refractivity contribution >= 4 is 11.8 Å². The monoisotopic (exact) mass is 267 g/mol. The van der Waals surface area contributed by atoms with Gasteiger partial charge in [0.05, 0.1) is 0 Å². The molecule has 3 heteroatoms. The van der Waals surface area contributed by atoms with Gasteiger partial charge in [0.1, 0.15) is 5.82 Å². The minimum atomic E-state index is -0.135. The third-order valence-corrected chi connectivity index (χ3v) is 5.28. The van der Waals surface area contributed by atoms with Crippen LogP contribution in [0.1, 0.15) is 32.6 Å². The lowest BCUT2D eigenvalue weighted by molar-refractivity contribution is 0.304. The predicted molar refractivity (Wildman–Crippen MR) is 76.5 cm³/mol. The van der Waals surface area contributed by atoms with Crippen molar-refractivity contribution in [2.45, 2.75) is 48.8 Å². The van der Waals surface area contributed by atoms with Gasteiger partial charge in [-0.25, -0.2) is 4.39 Å². The summed E-state index contributed by atoms with van der Waals surface area (Å²) in [7, 11) is 2.04. The van der Waals surface area contributed by atoms with Crippen molar-refractivity contribution in [1.29, 1.82) is 0 Å². The number of thioether (sulfide) groups is 1. The van der Waals surface area contributed by atoms with Gasteiger partial charge in [-0.1, -0.05) is 19.4 Å². The predicted octanol–water partition coefficient (Wildman–Crippen LogP) is 4.08. The fourth-order valence-electron chi connectivity index (χ4n) is 2.76. The maximum absolute atomic E-state index is 13.2. The zero-order chi connectivity index (χ0) is 13.0. The molecule has 3 unspecified atom stereocenters. The summed E-state index contributed by atoms with van der Waals surface area (Å²) in [5, 5.41) is 3.98. The largest absolute Gasteiger partial charge is 0.316 e. The fraction of sp³-hybridized carbons (Fsp3) is 0.600. The third-order valence-electron chi connectivity index (χ3n) is 3.93. The molecule has 0 amide bonds. The van der Waals surface area contributed by atoms with Gasteiger partial charge in [-0.15, -0.1) is 11.8 Å². The van der Waals surface area contributed by atoms with E-state index in [0.29, 0.717) is 11.3 Å². The molecule has 0 saturated heterocycles. The molecular formula is C15H22FNS. The summed E-state index contributed by atoms with van der Waals surface area (Å²) in [6.45, 7) is 2.27. The zero-order valence-electron chi connectivity index (χ0n) is 11.2. The minimum Gasteiger partial charge on any atom is -0.316 e. The minimum absolute atomic E-state index is 0.135. The molecule has 0 radical (unpaired) electrons. The Labute approximate surface area is 114 Å². The lowest BCUT2D eigenvalue weighted by Crippen LogP contribution is -2.40. The first-order chi connectivity index (χ1) is 8.72. The van der Waals surface area contributed by atoms with Crippen molar-refractivity contribution in [3.05, 3.63) is 30.1 Å². The molecule has 0 heterocycles. The van der Waals surface area contributed by atoms with Crippen molar-refractivity contribution in [2.75, 3.05) is 7.05 Å². The Morgan fingerprint density at radius 1 is 1.39 bits per heavy atom. The van der Waals surface area contributed by atoms with Crippen LogP contribution in [0.4, 0.5) is 4.39 Å². The Balaban J connectivity index is 2.04. The molecule has 0 bridgehead atoms. The van der Waals surface area contributed by atoms with Crippen LogP contribution in [-0.4, -0.2) is 18.3 Å². The fourth-order valence-corrected chi connectivity index (χ4v) is 4.25. The molecule has 1 saturated carbocycles. The van der Waals surface area contributed by atoms with Crippen LogP contribution >= 0.6 is 11.8 Å². The van der Waals surface area contributed by atoms with Crippen molar-refractivity contribution in [3.63, 3.8) is 0 Å². The van der Waals surface area contributed by atoms with Crippen LogP contribution in [0.2, 0.25) is 0 Å². The Morgan fingerprint density at radius 3 is 2.89 bits per heavy atom. The second-order valence-electron chi connectivity index (χ2n) is 5.10. The van der Waals surface area contributed by atoms with Gasteiger partial charge in [-0.2, -0.15) is 0 Å². The average Bonchev–Trinajstić information content (AvgIpc) is 2.38.